The van der Waals surface area contributed by atoms with Gasteiger partial charge in [0.25, 0.3) is 0 Å². The van der Waals surface area contributed by atoms with E-state index in [2.05, 4.69) is 15.8 Å². The summed E-state index contributed by atoms with van der Waals surface area (Å²) in [5.74, 6) is 0.583. The summed E-state index contributed by atoms with van der Waals surface area (Å²) in [6.07, 6.45) is 0.786. The van der Waals surface area contributed by atoms with Gasteiger partial charge in [-0.3, -0.25) is 0 Å². The Kier molecular flexibility index (Phi) is 4.76. The second-order valence-electron chi connectivity index (χ2n) is 6.32. The van der Waals surface area contributed by atoms with Gasteiger partial charge in [-0.15, -0.1) is 0 Å². The lowest BCUT2D eigenvalue weighted by Crippen LogP contribution is -2.36. The van der Waals surface area contributed by atoms with Crippen LogP contribution in [0.2, 0.25) is 5.02 Å². The summed E-state index contributed by atoms with van der Waals surface area (Å²) < 4.78 is 18.6. The first kappa shape index (κ1) is 16.8. The Hall–Kier alpha value is -2.08. The van der Waals surface area contributed by atoms with Gasteiger partial charge in [-0.2, -0.15) is 0 Å². The highest BCUT2D eigenvalue weighted by Crippen LogP contribution is 2.41. The summed E-state index contributed by atoms with van der Waals surface area (Å²) in [6.45, 7) is 4.32. The van der Waals surface area contributed by atoms with Gasteiger partial charge in [0.1, 0.15) is 5.82 Å². The number of hydrogen-bond donors (Lipinski definition) is 2. The minimum Gasteiger partial charge on any atom is -0.359 e. The summed E-state index contributed by atoms with van der Waals surface area (Å²) >= 11 is 5.68. The van der Waals surface area contributed by atoms with Crippen LogP contribution in [0.5, 0.6) is 0 Å². The van der Waals surface area contributed by atoms with Crippen molar-refractivity contribution in [3.05, 3.63) is 52.1 Å². The van der Waals surface area contributed by atoms with Crippen molar-refractivity contribution in [3.63, 3.8) is 0 Å². The third kappa shape index (κ3) is 3.87. The van der Waals surface area contributed by atoms with E-state index in [9.17, 15) is 9.18 Å². The molecule has 0 unspecified atom stereocenters. The normalized spacial score (nSPS) is 19.4. The molecule has 1 fully saturated rings. The fourth-order valence-corrected chi connectivity index (χ4v) is 2.65. The summed E-state index contributed by atoms with van der Waals surface area (Å²) in [5, 5.41) is 9.65. The number of halogens is 2. The average Bonchev–Trinajstić information content (AvgIpc) is 3.12. The molecule has 0 saturated heterocycles. The molecule has 2 atom stereocenters. The number of urea groups is 1. The van der Waals surface area contributed by atoms with Crippen molar-refractivity contribution in [1.29, 1.82) is 0 Å². The van der Waals surface area contributed by atoms with Crippen LogP contribution >= 0.6 is 11.6 Å². The molecule has 2 amide bonds. The van der Waals surface area contributed by atoms with Gasteiger partial charge in [0, 0.05) is 18.0 Å². The molecule has 5 nitrogen and oxygen atoms in total. The van der Waals surface area contributed by atoms with Crippen LogP contribution in [0.3, 0.4) is 0 Å². The van der Waals surface area contributed by atoms with Gasteiger partial charge in [-0.1, -0.05) is 36.7 Å². The van der Waals surface area contributed by atoms with Gasteiger partial charge in [0.15, 0.2) is 5.76 Å². The van der Waals surface area contributed by atoms with E-state index in [1.807, 2.05) is 19.9 Å². The van der Waals surface area contributed by atoms with Crippen molar-refractivity contribution >= 4 is 17.6 Å². The van der Waals surface area contributed by atoms with Crippen LogP contribution < -0.4 is 10.6 Å². The second kappa shape index (κ2) is 6.81. The zero-order valence-corrected chi connectivity index (χ0v) is 14.2. The molecule has 1 aliphatic carbocycles. The van der Waals surface area contributed by atoms with E-state index in [-0.39, 0.29) is 35.5 Å². The highest BCUT2D eigenvalue weighted by molar-refractivity contribution is 6.30. The Morgan fingerprint density at radius 1 is 1.46 bits per heavy atom. The van der Waals surface area contributed by atoms with E-state index in [1.165, 1.54) is 12.1 Å². The SMILES string of the molecule is CC(C)c1cc(CNC(=O)N[C@@H]2C[C@H]2c2ccc(Cl)c(F)c2)on1. The van der Waals surface area contributed by atoms with E-state index in [0.29, 0.717) is 5.76 Å². The lowest BCUT2D eigenvalue weighted by molar-refractivity contribution is 0.238. The number of nitrogens with zero attached hydrogens (tertiary/aromatic N) is 1. The fourth-order valence-electron chi connectivity index (χ4n) is 2.54. The molecule has 1 aromatic heterocycles. The maximum Gasteiger partial charge on any atom is 0.315 e. The predicted molar refractivity (Wildman–Crippen MR) is 88.5 cm³/mol. The number of rotatable bonds is 5. The lowest BCUT2D eigenvalue weighted by Gasteiger charge is -2.06. The number of amides is 2. The number of carbonyl (C=O) groups is 1. The molecule has 1 aliphatic rings. The number of aromatic nitrogens is 1. The molecule has 1 aromatic carbocycles. The first-order chi connectivity index (χ1) is 11.4. The van der Waals surface area contributed by atoms with Gasteiger partial charge in [-0.05, 0) is 30.0 Å². The molecular weight excluding hydrogens is 333 g/mol. The molecule has 2 N–H and O–H groups in total. The van der Waals surface area contributed by atoms with Crippen molar-refractivity contribution in [2.75, 3.05) is 0 Å². The van der Waals surface area contributed by atoms with E-state index in [1.54, 1.807) is 6.07 Å². The van der Waals surface area contributed by atoms with Crippen LogP contribution in [-0.4, -0.2) is 17.2 Å². The summed E-state index contributed by atoms with van der Waals surface area (Å²) in [4.78, 5) is 11.9. The molecule has 1 saturated carbocycles. The van der Waals surface area contributed by atoms with Gasteiger partial charge in [0.05, 0.1) is 17.3 Å². The highest BCUT2D eigenvalue weighted by atomic mass is 35.5. The van der Waals surface area contributed by atoms with Crippen LogP contribution in [0.15, 0.2) is 28.8 Å². The minimum atomic E-state index is -0.435. The van der Waals surface area contributed by atoms with Crippen molar-refractivity contribution in [1.82, 2.24) is 15.8 Å². The summed E-state index contributed by atoms with van der Waals surface area (Å²) in [7, 11) is 0. The molecule has 3 rings (SSSR count). The van der Waals surface area contributed by atoms with Crippen molar-refractivity contribution in [2.45, 2.75) is 44.7 Å². The van der Waals surface area contributed by atoms with Crippen molar-refractivity contribution in [2.24, 2.45) is 0 Å². The monoisotopic (exact) mass is 351 g/mol. The average molecular weight is 352 g/mol. The predicted octanol–water partition coefficient (Wildman–Crippen LogP) is 3.95. The van der Waals surface area contributed by atoms with E-state index >= 15 is 0 Å². The zero-order chi connectivity index (χ0) is 17.3. The number of nitrogens with one attached hydrogen (secondary N) is 2. The molecule has 128 valence electrons. The van der Waals surface area contributed by atoms with Crippen molar-refractivity contribution in [3.8, 4) is 0 Å². The quantitative estimate of drug-likeness (QED) is 0.857. The van der Waals surface area contributed by atoms with Gasteiger partial charge >= 0.3 is 6.03 Å². The maximum atomic E-state index is 13.5. The first-order valence-electron chi connectivity index (χ1n) is 7.89. The highest BCUT2D eigenvalue weighted by Gasteiger charge is 2.39. The third-order valence-corrected chi connectivity index (χ3v) is 4.38. The number of hydrogen-bond acceptors (Lipinski definition) is 3. The minimum absolute atomic E-state index is 0.00604. The molecule has 7 heteroatoms. The number of carbonyl (C=O) groups excluding carboxylic acids is 1. The Balaban J connectivity index is 1.47. The molecule has 0 aliphatic heterocycles. The first-order valence-corrected chi connectivity index (χ1v) is 8.26. The van der Waals surface area contributed by atoms with E-state index in [0.717, 1.165) is 17.7 Å². The summed E-state index contributed by atoms with van der Waals surface area (Å²) in [6, 6.07) is 6.32. The smallest absolute Gasteiger partial charge is 0.315 e. The lowest BCUT2D eigenvalue weighted by atomic mass is 10.1. The Morgan fingerprint density at radius 3 is 2.92 bits per heavy atom. The van der Waals surface area contributed by atoms with Gasteiger partial charge in [0.2, 0.25) is 0 Å². The fraction of sp³-hybridized carbons (Fsp3) is 0.412. The van der Waals surface area contributed by atoms with Gasteiger partial charge < -0.3 is 15.2 Å². The largest absolute Gasteiger partial charge is 0.359 e. The van der Waals surface area contributed by atoms with Crippen LogP contribution in [0.4, 0.5) is 9.18 Å². The topological polar surface area (TPSA) is 67.2 Å². The molecule has 1 heterocycles. The van der Waals surface area contributed by atoms with Crippen LogP contribution in [0.25, 0.3) is 0 Å². The molecular formula is C17H19ClFN3O2. The molecule has 0 spiro atoms. The van der Waals surface area contributed by atoms with Crippen LogP contribution in [0.1, 0.15) is 49.1 Å². The second-order valence-corrected chi connectivity index (χ2v) is 6.73. The Morgan fingerprint density at radius 2 is 2.25 bits per heavy atom. The molecule has 24 heavy (non-hydrogen) atoms. The Labute approximate surface area is 144 Å². The third-order valence-electron chi connectivity index (χ3n) is 4.07. The van der Waals surface area contributed by atoms with Gasteiger partial charge in [-0.25, -0.2) is 9.18 Å². The molecule has 2 aromatic rings. The van der Waals surface area contributed by atoms with Crippen molar-refractivity contribution < 1.29 is 13.7 Å². The molecule has 0 radical (unpaired) electrons. The maximum absolute atomic E-state index is 13.5. The van der Waals surface area contributed by atoms with Crippen LogP contribution in [0, 0.1) is 5.82 Å². The standard InChI is InChI=1S/C17H19ClFN3O2/c1-9(2)15-6-11(24-22-15)8-20-17(23)21-16-7-12(16)10-3-4-13(18)14(19)5-10/h3-6,9,12,16H,7-8H2,1-2H3,(H2,20,21,23)/t12-,16+/m0/s1. The number of benzene rings is 1. The summed E-state index contributed by atoms with van der Waals surface area (Å²) in [5.41, 5.74) is 1.71. The Bertz CT molecular complexity index is 747. The van der Waals surface area contributed by atoms with E-state index in [4.69, 9.17) is 16.1 Å². The zero-order valence-electron chi connectivity index (χ0n) is 13.5. The molecule has 0 bridgehead atoms. The van der Waals surface area contributed by atoms with Crippen LogP contribution in [-0.2, 0) is 6.54 Å². The van der Waals surface area contributed by atoms with E-state index < -0.39 is 5.82 Å².